The molecule has 0 amide bonds. The molecule has 0 unspecified atom stereocenters. The molecule has 0 spiro atoms. The van der Waals surface area contributed by atoms with Gasteiger partial charge < -0.3 is 19.9 Å². The summed E-state index contributed by atoms with van der Waals surface area (Å²) in [7, 11) is 1.60. The number of benzene rings is 3. The molecule has 3 aromatic rings. The van der Waals surface area contributed by atoms with E-state index < -0.39 is 12.1 Å². The maximum Gasteiger partial charge on any atom is 0.146 e. The Labute approximate surface area is 158 Å². The first kappa shape index (κ1) is 18.7. The first-order chi connectivity index (χ1) is 13.2. The van der Waals surface area contributed by atoms with E-state index in [-0.39, 0.29) is 12.4 Å². The van der Waals surface area contributed by atoms with Gasteiger partial charge in [0.15, 0.2) is 0 Å². The van der Waals surface area contributed by atoms with Gasteiger partial charge in [0.2, 0.25) is 0 Å². The SMILES string of the molecule is COc1ccc(N[C@H](c2ccccc2F)[C@@H](CO)Oc2ccccc2)cc1. The Bertz CT molecular complexity index is 840. The van der Waals surface area contributed by atoms with E-state index in [1.807, 2.05) is 42.5 Å². The van der Waals surface area contributed by atoms with Gasteiger partial charge in [-0.2, -0.15) is 0 Å². The summed E-state index contributed by atoms with van der Waals surface area (Å²) in [5.41, 5.74) is 1.18. The average Bonchev–Trinajstić information content (AvgIpc) is 2.72. The van der Waals surface area contributed by atoms with Crippen molar-refractivity contribution in [3.63, 3.8) is 0 Å². The van der Waals surface area contributed by atoms with Crippen molar-refractivity contribution in [2.24, 2.45) is 0 Å². The van der Waals surface area contributed by atoms with Gasteiger partial charge >= 0.3 is 0 Å². The zero-order chi connectivity index (χ0) is 19.1. The summed E-state index contributed by atoms with van der Waals surface area (Å²) in [5, 5.41) is 13.2. The van der Waals surface area contributed by atoms with Crippen molar-refractivity contribution < 1.29 is 19.0 Å². The molecule has 0 aliphatic carbocycles. The number of hydrogen-bond acceptors (Lipinski definition) is 4. The van der Waals surface area contributed by atoms with Crippen molar-refractivity contribution >= 4 is 5.69 Å². The summed E-state index contributed by atoms with van der Waals surface area (Å²) in [6.45, 7) is -0.281. The summed E-state index contributed by atoms with van der Waals surface area (Å²) in [6.07, 6.45) is -0.689. The molecule has 0 fully saturated rings. The number of aliphatic hydroxyl groups is 1. The zero-order valence-corrected chi connectivity index (χ0v) is 15.0. The zero-order valence-electron chi connectivity index (χ0n) is 15.0. The third-order valence-corrected chi connectivity index (χ3v) is 4.23. The van der Waals surface area contributed by atoms with Crippen molar-refractivity contribution in [1.82, 2.24) is 0 Å². The topological polar surface area (TPSA) is 50.7 Å². The normalized spacial score (nSPS) is 12.9. The van der Waals surface area contributed by atoms with Crippen molar-refractivity contribution in [3.05, 3.63) is 90.2 Å². The van der Waals surface area contributed by atoms with Crippen LogP contribution in [0.25, 0.3) is 0 Å². The van der Waals surface area contributed by atoms with Gasteiger partial charge in [0.1, 0.15) is 23.4 Å². The Morgan fingerprint density at radius 1 is 0.889 bits per heavy atom. The molecule has 0 bridgehead atoms. The van der Waals surface area contributed by atoms with Gasteiger partial charge in [-0.3, -0.25) is 0 Å². The molecule has 3 rings (SSSR count). The minimum absolute atomic E-state index is 0.281. The fraction of sp³-hybridized carbons (Fsp3) is 0.182. The predicted octanol–water partition coefficient (Wildman–Crippen LogP) is 4.43. The lowest BCUT2D eigenvalue weighted by atomic mass is 10.00. The van der Waals surface area contributed by atoms with E-state index in [1.165, 1.54) is 6.07 Å². The second kappa shape index (κ2) is 9.05. The Kier molecular flexibility index (Phi) is 6.28. The minimum atomic E-state index is -0.689. The molecule has 0 heterocycles. The van der Waals surface area contributed by atoms with Gasteiger partial charge in [0.05, 0.1) is 19.8 Å². The van der Waals surface area contributed by atoms with E-state index >= 15 is 0 Å². The molecule has 0 radical (unpaired) electrons. The fourth-order valence-corrected chi connectivity index (χ4v) is 2.85. The Balaban J connectivity index is 1.91. The fourth-order valence-electron chi connectivity index (χ4n) is 2.85. The number of aliphatic hydroxyl groups excluding tert-OH is 1. The number of halogens is 1. The molecule has 5 heteroatoms. The number of methoxy groups -OCH3 is 1. The van der Waals surface area contributed by atoms with Crippen LogP contribution in [0, 0.1) is 5.82 Å². The summed E-state index contributed by atoms with van der Waals surface area (Å²) >= 11 is 0. The molecule has 0 saturated carbocycles. The first-order valence-corrected chi connectivity index (χ1v) is 8.69. The molecule has 0 aliphatic rings. The highest BCUT2D eigenvalue weighted by Gasteiger charge is 2.27. The van der Waals surface area contributed by atoms with Gasteiger partial charge in [0.25, 0.3) is 0 Å². The van der Waals surface area contributed by atoms with Gasteiger partial charge in [0, 0.05) is 11.3 Å². The van der Waals surface area contributed by atoms with Crippen LogP contribution in [0.15, 0.2) is 78.9 Å². The molecular formula is C22H22FNO3. The van der Waals surface area contributed by atoms with Crippen molar-refractivity contribution in [3.8, 4) is 11.5 Å². The monoisotopic (exact) mass is 367 g/mol. The summed E-state index contributed by atoms with van der Waals surface area (Å²) in [4.78, 5) is 0. The van der Waals surface area contributed by atoms with E-state index in [0.29, 0.717) is 11.3 Å². The highest BCUT2D eigenvalue weighted by Crippen LogP contribution is 2.28. The maximum atomic E-state index is 14.5. The molecule has 0 aliphatic heterocycles. The van der Waals surface area contributed by atoms with Crippen LogP contribution in [0.2, 0.25) is 0 Å². The number of nitrogens with one attached hydrogen (secondary N) is 1. The molecule has 0 saturated heterocycles. The molecular weight excluding hydrogens is 345 g/mol. The van der Waals surface area contributed by atoms with Crippen LogP contribution in [0.1, 0.15) is 11.6 Å². The standard InChI is InChI=1S/C22H22FNO3/c1-26-17-13-11-16(12-14-17)24-22(19-9-5-6-10-20(19)23)21(15-25)27-18-7-3-2-4-8-18/h2-14,21-22,24-25H,15H2,1H3/t21-,22-/m1/s1. The molecule has 3 aromatic carbocycles. The lowest BCUT2D eigenvalue weighted by Gasteiger charge is -2.29. The van der Waals surface area contributed by atoms with Crippen LogP contribution < -0.4 is 14.8 Å². The lowest BCUT2D eigenvalue weighted by Crippen LogP contribution is -2.34. The number of anilines is 1. The average molecular weight is 367 g/mol. The second-order valence-corrected chi connectivity index (χ2v) is 6.02. The largest absolute Gasteiger partial charge is 0.497 e. The molecule has 140 valence electrons. The van der Waals surface area contributed by atoms with Crippen molar-refractivity contribution in [2.75, 3.05) is 19.0 Å². The summed E-state index contributed by atoms with van der Waals surface area (Å²) < 4.78 is 25.6. The summed E-state index contributed by atoms with van der Waals surface area (Å²) in [5.74, 6) is 0.968. The molecule has 2 N–H and O–H groups in total. The molecule has 2 atom stereocenters. The number of hydrogen-bond donors (Lipinski definition) is 2. The van der Waals surface area contributed by atoms with E-state index in [0.717, 1.165) is 11.4 Å². The summed E-state index contributed by atoms with van der Waals surface area (Å²) in [6, 6.07) is 22.4. The second-order valence-electron chi connectivity index (χ2n) is 6.02. The van der Waals surface area contributed by atoms with E-state index in [4.69, 9.17) is 9.47 Å². The number of para-hydroxylation sites is 1. The van der Waals surface area contributed by atoms with Crippen LogP contribution in [0.3, 0.4) is 0 Å². The third-order valence-electron chi connectivity index (χ3n) is 4.23. The highest BCUT2D eigenvalue weighted by molar-refractivity contribution is 5.49. The van der Waals surface area contributed by atoms with E-state index in [9.17, 15) is 9.50 Å². The maximum absolute atomic E-state index is 14.5. The highest BCUT2D eigenvalue weighted by atomic mass is 19.1. The third kappa shape index (κ3) is 4.77. The van der Waals surface area contributed by atoms with Crippen LogP contribution in [-0.4, -0.2) is 24.9 Å². The predicted molar refractivity (Wildman–Crippen MR) is 104 cm³/mol. The van der Waals surface area contributed by atoms with Gasteiger partial charge in [-0.1, -0.05) is 36.4 Å². The Hall–Kier alpha value is -3.05. The van der Waals surface area contributed by atoms with Crippen LogP contribution >= 0.6 is 0 Å². The van der Waals surface area contributed by atoms with E-state index in [1.54, 1.807) is 37.4 Å². The minimum Gasteiger partial charge on any atom is -0.497 e. The lowest BCUT2D eigenvalue weighted by molar-refractivity contribution is 0.0988. The van der Waals surface area contributed by atoms with E-state index in [2.05, 4.69) is 5.32 Å². The van der Waals surface area contributed by atoms with Gasteiger partial charge in [-0.05, 0) is 42.5 Å². The first-order valence-electron chi connectivity index (χ1n) is 8.69. The number of ether oxygens (including phenoxy) is 2. The van der Waals surface area contributed by atoms with Crippen LogP contribution in [0.4, 0.5) is 10.1 Å². The van der Waals surface area contributed by atoms with Gasteiger partial charge in [-0.25, -0.2) is 4.39 Å². The smallest absolute Gasteiger partial charge is 0.146 e. The van der Waals surface area contributed by atoms with Gasteiger partial charge in [-0.15, -0.1) is 0 Å². The number of rotatable bonds is 8. The van der Waals surface area contributed by atoms with Crippen LogP contribution in [-0.2, 0) is 0 Å². The Morgan fingerprint density at radius 2 is 1.56 bits per heavy atom. The molecule has 4 nitrogen and oxygen atoms in total. The van der Waals surface area contributed by atoms with Crippen molar-refractivity contribution in [1.29, 1.82) is 0 Å². The molecule has 0 aromatic heterocycles. The van der Waals surface area contributed by atoms with Crippen LogP contribution in [0.5, 0.6) is 11.5 Å². The van der Waals surface area contributed by atoms with Crippen molar-refractivity contribution in [2.45, 2.75) is 12.1 Å². The Morgan fingerprint density at radius 3 is 2.19 bits per heavy atom. The molecule has 27 heavy (non-hydrogen) atoms. The quantitative estimate of drug-likeness (QED) is 0.619.